The summed E-state index contributed by atoms with van der Waals surface area (Å²) in [4.78, 5) is 0. The van der Waals surface area contributed by atoms with E-state index in [-0.39, 0.29) is 36.4 Å². The standard InChI is InChI=1S/C10H22N2.2ClH/c1-2-3-7-10(12)8-5-4-6-9(10)11;;/h9H,2-8,11-12H2,1H3;2*1H. The first kappa shape index (κ1) is 16.9. The molecule has 0 saturated heterocycles. The number of nitrogens with two attached hydrogens (primary N) is 2. The number of unbranched alkanes of at least 4 members (excludes halogenated alkanes) is 1. The number of hydrogen-bond acceptors (Lipinski definition) is 2. The van der Waals surface area contributed by atoms with Gasteiger partial charge in [0.25, 0.3) is 0 Å². The molecular formula is C10H24Cl2N2. The van der Waals surface area contributed by atoms with E-state index in [0.717, 1.165) is 19.3 Å². The van der Waals surface area contributed by atoms with Crippen LogP contribution in [0.1, 0.15) is 51.9 Å². The van der Waals surface area contributed by atoms with Crippen LogP contribution in [-0.4, -0.2) is 11.6 Å². The molecule has 0 amide bonds. The molecule has 2 atom stereocenters. The summed E-state index contributed by atoms with van der Waals surface area (Å²) in [5.74, 6) is 0. The van der Waals surface area contributed by atoms with Gasteiger partial charge in [0.2, 0.25) is 0 Å². The van der Waals surface area contributed by atoms with Gasteiger partial charge in [0.15, 0.2) is 0 Å². The molecule has 0 aliphatic heterocycles. The van der Waals surface area contributed by atoms with Crippen molar-refractivity contribution >= 4 is 24.8 Å². The Kier molecular flexibility index (Phi) is 9.36. The minimum absolute atomic E-state index is 0. The lowest BCUT2D eigenvalue weighted by Crippen LogP contribution is -2.56. The third kappa shape index (κ3) is 4.35. The Morgan fingerprint density at radius 2 is 1.93 bits per heavy atom. The molecule has 1 saturated carbocycles. The molecule has 4 N–H and O–H groups in total. The van der Waals surface area contributed by atoms with Gasteiger partial charge in [-0.2, -0.15) is 0 Å². The summed E-state index contributed by atoms with van der Waals surface area (Å²) in [6, 6.07) is 0.248. The summed E-state index contributed by atoms with van der Waals surface area (Å²) in [5.41, 5.74) is 12.3. The first-order chi connectivity index (χ1) is 5.69. The molecule has 1 rings (SSSR count). The monoisotopic (exact) mass is 242 g/mol. The zero-order valence-electron chi connectivity index (χ0n) is 9.00. The number of hydrogen-bond donors (Lipinski definition) is 2. The van der Waals surface area contributed by atoms with E-state index in [1.54, 1.807) is 0 Å². The van der Waals surface area contributed by atoms with E-state index < -0.39 is 0 Å². The van der Waals surface area contributed by atoms with Crippen molar-refractivity contribution in [2.75, 3.05) is 0 Å². The van der Waals surface area contributed by atoms with Crippen LogP contribution in [0.5, 0.6) is 0 Å². The van der Waals surface area contributed by atoms with E-state index in [1.807, 2.05) is 0 Å². The molecule has 2 nitrogen and oxygen atoms in total. The van der Waals surface area contributed by atoms with Gasteiger partial charge in [-0.3, -0.25) is 0 Å². The molecule has 2 unspecified atom stereocenters. The lowest BCUT2D eigenvalue weighted by Gasteiger charge is -2.39. The second-order valence-corrected chi connectivity index (χ2v) is 4.19. The van der Waals surface area contributed by atoms with Crippen LogP contribution in [0.3, 0.4) is 0 Å². The van der Waals surface area contributed by atoms with Gasteiger partial charge in [-0.05, 0) is 19.3 Å². The Labute approximate surface area is 100 Å². The Hall–Kier alpha value is 0.500. The molecule has 1 aliphatic carbocycles. The highest BCUT2D eigenvalue weighted by atomic mass is 35.5. The fourth-order valence-corrected chi connectivity index (χ4v) is 2.11. The molecule has 0 spiro atoms. The summed E-state index contributed by atoms with van der Waals surface area (Å²) in [5, 5.41) is 0. The van der Waals surface area contributed by atoms with Crippen molar-refractivity contribution in [1.29, 1.82) is 0 Å². The van der Waals surface area contributed by atoms with E-state index in [2.05, 4.69) is 6.92 Å². The van der Waals surface area contributed by atoms with Gasteiger partial charge < -0.3 is 11.5 Å². The average molecular weight is 243 g/mol. The van der Waals surface area contributed by atoms with Crippen LogP contribution < -0.4 is 11.5 Å². The van der Waals surface area contributed by atoms with Crippen molar-refractivity contribution in [2.45, 2.75) is 63.5 Å². The quantitative estimate of drug-likeness (QED) is 0.800. The van der Waals surface area contributed by atoms with Crippen molar-refractivity contribution in [3.63, 3.8) is 0 Å². The fraction of sp³-hybridized carbons (Fsp3) is 1.00. The minimum atomic E-state index is -0.0335. The van der Waals surface area contributed by atoms with E-state index in [9.17, 15) is 0 Å². The maximum atomic E-state index is 6.26. The fourth-order valence-electron chi connectivity index (χ4n) is 2.11. The molecule has 1 aliphatic rings. The highest BCUT2D eigenvalue weighted by Crippen LogP contribution is 2.29. The molecule has 0 radical (unpaired) electrons. The van der Waals surface area contributed by atoms with Gasteiger partial charge in [0.1, 0.15) is 0 Å². The van der Waals surface area contributed by atoms with Gasteiger partial charge >= 0.3 is 0 Å². The molecule has 1 fully saturated rings. The second kappa shape index (κ2) is 7.75. The van der Waals surface area contributed by atoms with Crippen molar-refractivity contribution in [3.05, 3.63) is 0 Å². The average Bonchev–Trinajstić information content (AvgIpc) is 2.07. The van der Waals surface area contributed by atoms with Crippen LogP contribution in [0.2, 0.25) is 0 Å². The Morgan fingerprint density at radius 1 is 1.29 bits per heavy atom. The molecule has 0 aromatic carbocycles. The van der Waals surface area contributed by atoms with Crippen LogP contribution in [0.25, 0.3) is 0 Å². The summed E-state index contributed by atoms with van der Waals surface area (Å²) < 4.78 is 0. The van der Waals surface area contributed by atoms with Gasteiger partial charge in [0, 0.05) is 11.6 Å². The van der Waals surface area contributed by atoms with Crippen LogP contribution in [-0.2, 0) is 0 Å². The predicted molar refractivity (Wildman–Crippen MR) is 67.4 cm³/mol. The largest absolute Gasteiger partial charge is 0.326 e. The number of halogens is 2. The van der Waals surface area contributed by atoms with Crippen LogP contribution in [0.4, 0.5) is 0 Å². The van der Waals surface area contributed by atoms with Crippen molar-refractivity contribution < 1.29 is 0 Å². The third-order valence-electron chi connectivity index (χ3n) is 3.14. The molecule has 4 heteroatoms. The minimum Gasteiger partial charge on any atom is -0.326 e. The van der Waals surface area contributed by atoms with Crippen molar-refractivity contribution in [3.8, 4) is 0 Å². The molecule has 14 heavy (non-hydrogen) atoms. The lowest BCUT2D eigenvalue weighted by molar-refractivity contribution is 0.232. The Morgan fingerprint density at radius 3 is 2.43 bits per heavy atom. The molecule has 0 aromatic rings. The Balaban J connectivity index is 0. The SMILES string of the molecule is CCCCC1(N)CCCCC1N.Cl.Cl. The van der Waals surface area contributed by atoms with Gasteiger partial charge in [0.05, 0.1) is 0 Å². The third-order valence-corrected chi connectivity index (χ3v) is 3.14. The number of rotatable bonds is 3. The first-order valence-corrected chi connectivity index (χ1v) is 5.23. The normalized spacial score (nSPS) is 31.5. The molecule has 0 aromatic heterocycles. The molecule has 0 bridgehead atoms. The summed E-state index contributed by atoms with van der Waals surface area (Å²) in [7, 11) is 0. The van der Waals surface area contributed by atoms with Gasteiger partial charge in [-0.25, -0.2) is 0 Å². The Bertz CT molecular complexity index is 144. The van der Waals surface area contributed by atoms with Crippen LogP contribution in [0.15, 0.2) is 0 Å². The summed E-state index contributed by atoms with van der Waals surface area (Å²) in [6.07, 6.45) is 8.37. The van der Waals surface area contributed by atoms with Gasteiger partial charge in [-0.1, -0.05) is 32.6 Å². The highest BCUT2D eigenvalue weighted by Gasteiger charge is 2.33. The molecule has 0 heterocycles. The van der Waals surface area contributed by atoms with E-state index >= 15 is 0 Å². The summed E-state index contributed by atoms with van der Waals surface area (Å²) >= 11 is 0. The van der Waals surface area contributed by atoms with Crippen molar-refractivity contribution in [1.82, 2.24) is 0 Å². The maximum Gasteiger partial charge on any atom is 0.0307 e. The van der Waals surface area contributed by atoms with Gasteiger partial charge in [-0.15, -0.1) is 24.8 Å². The predicted octanol–water partition coefficient (Wildman–Crippen LogP) is 2.62. The summed E-state index contributed by atoms with van der Waals surface area (Å²) in [6.45, 7) is 2.21. The lowest BCUT2D eigenvalue weighted by atomic mass is 9.75. The smallest absolute Gasteiger partial charge is 0.0307 e. The molecular weight excluding hydrogens is 219 g/mol. The first-order valence-electron chi connectivity index (χ1n) is 5.23. The van der Waals surface area contributed by atoms with Crippen LogP contribution in [0, 0.1) is 0 Å². The second-order valence-electron chi connectivity index (χ2n) is 4.19. The zero-order valence-corrected chi connectivity index (χ0v) is 10.6. The highest BCUT2D eigenvalue weighted by molar-refractivity contribution is 5.85. The zero-order chi connectivity index (χ0) is 9.03. The van der Waals surface area contributed by atoms with E-state index in [1.165, 1.54) is 25.7 Å². The maximum absolute atomic E-state index is 6.26. The van der Waals surface area contributed by atoms with E-state index in [0.29, 0.717) is 0 Å². The van der Waals surface area contributed by atoms with E-state index in [4.69, 9.17) is 11.5 Å². The van der Waals surface area contributed by atoms with Crippen molar-refractivity contribution in [2.24, 2.45) is 11.5 Å². The molecule has 88 valence electrons. The topological polar surface area (TPSA) is 52.0 Å². The van der Waals surface area contributed by atoms with Crippen LogP contribution >= 0.6 is 24.8 Å².